The van der Waals surface area contributed by atoms with Gasteiger partial charge in [0, 0.05) is 17.8 Å². The SMILES string of the molecule is CCCn1ncc(Br)c1C(N)Cc1cccs1. The minimum Gasteiger partial charge on any atom is -0.322 e. The van der Waals surface area contributed by atoms with Crippen molar-refractivity contribution in [1.29, 1.82) is 0 Å². The van der Waals surface area contributed by atoms with Crippen molar-refractivity contribution in [3.05, 3.63) is 38.8 Å². The maximum atomic E-state index is 6.28. The number of nitrogens with two attached hydrogens (primary N) is 1. The minimum atomic E-state index is -0.00271. The van der Waals surface area contributed by atoms with Crippen LogP contribution in [0.3, 0.4) is 0 Å². The third kappa shape index (κ3) is 2.97. The molecule has 0 aliphatic rings. The fraction of sp³-hybridized carbons (Fsp3) is 0.417. The molecule has 2 aromatic rings. The van der Waals surface area contributed by atoms with E-state index in [1.807, 2.05) is 10.9 Å². The zero-order valence-electron chi connectivity index (χ0n) is 9.77. The van der Waals surface area contributed by atoms with E-state index in [0.29, 0.717) is 0 Å². The van der Waals surface area contributed by atoms with Gasteiger partial charge in [0.25, 0.3) is 0 Å². The van der Waals surface area contributed by atoms with E-state index in [-0.39, 0.29) is 6.04 Å². The van der Waals surface area contributed by atoms with Crippen LogP contribution < -0.4 is 5.73 Å². The molecule has 0 saturated carbocycles. The Bertz CT molecular complexity index is 464. The average Bonchev–Trinajstić information content (AvgIpc) is 2.89. The monoisotopic (exact) mass is 313 g/mol. The highest BCUT2D eigenvalue weighted by molar-refractivity contribution is 9.10. The van der Waals surface area contributed by atoms with Gasteiger partial charge < -0.3 is 5.73 Å². The van der Waals surface area contributed by atoms with Crippen molar-refractivity contribution in [2.24, 2.45) is 5.73 Å². The molecular weight excluding hydrogens is 298 g/mol. The summed E-state index contributed by atoms with van der Waals surface area (Å²) < 4.78 is 3.01. The van der Waals surface area contributed by atoms with Gasteiger partial charge in [-0.2, -0.15) is 5.10 Å². The summed E-state index contributed by atoms with van der Waals surface area (Å²) in [6.45, 7) is 3.06. The molecule has 92 valence electrons. The van der Waals surface area contributed by atoms with E-state index < -0.39 is 0 Å². The largest absolute Gasteiger partial charge is 0.322 e. The lowest BCUT2D eigenvalue weighted by Gasteiger charge is -2.14. The van der Waals surface area contributed by atoms with E-state index >= 15 is 0 Å². The molecule has 2 aromatic heterocycles. The molecule has 2 N–H and O–H groups in total. The molecule has 5 heteroatoms. The molecule has 0 spiro atoms. The fourth-order valence-corrected chi connectivity index (χ4v) is 3.23. The number of aryl methyl sites for hydroxylation is 1. The quantitative estimate of drug-likeness (QED) is 0.919. The van der Waals surface area contributed by atoms with E-state index in [1.165, 1.54) is 4.88 Å². The Morgan fingerprint density at radius 2 is 2.41 bits per heavy atom. The van der Waals surface area contributed by atoms with Crippen molar-refractivity contribution < 1.29 is 0 Å². The lowest BCUT2D eigenvalue weighted by molar-refractivity contribution is 0.537. The second-order valence-corrected chi connectivity index (χ2v) is 5.88. The Morgan fingerprint density at radius 1 is 1.59 bits per heavy atom. The number of aromatic nitrogens is 2. The van der Waals surface area contributed by atoms with Crippen molar-refractivity contribution in [3.8, 4) is 0 Å². The molecular formula is C12H16BrN3S. The summed E-state index contributed by atoms with van der Waals surface area (Å²) in [5.74, 6) is 0. The zero-order valence-corrected chi connectivity index (χ0v) is 12.2. The second kappa shape index (κ2) is 5.80. The summed E-state index contributed by atoms with van der Waals surface area (Å²) in [7, 11) is 0. The van der Waals surface area contributed by atoms with Crippen LogP contribution >= 0.6 is 27.3 Å². The first-order chi connectivity index (χ1) is 8.22. The molecule has 0 saturated heterocycles. The van der Waals surface area contributed by atoms with Gasteiger partial charge in [0.2, 0.25) is 0 Å². The molecule has 0 bridgehead atoms. The Morgan fingerprint density at radius 3 is 3.06 bits per heavy atom. The second-order valence-electron chi connectivity index (χ2n) is 3.99. The number of nitrogens with zero attached hydrogens (tertiary/aromatic N) is 2. The molecule has 2 rings (SSSR count). The maximum Gasteiger partial charge on any atom is 0.0697 e. The molecule has 0 aromatic carbocycles. The molecule has 17 heavy (non-hydrogen) atoms. The van der Waals surface area contributed by atoms with E-state index in [9.17, 15) is 0 Å². The highest BCUT2D eigenvalue weighted by Crippen LogP contribution is 2.25. The van der Waals surface area contributed by atoms with Crippen LogP contribution in [-0.4, -0.2) is 9.78 Å². The zero-order chi connectivity index (χ0) is 12.3. The summed E-state index contributed by atoms with van der Waals surface area (Å²) in [5.41, 5.74) is 7.38. The molecule has 3 nitrogen and oxygen atoms in total. The number of rotatable bonds is 5. The summed E-state index contributed by atoms with van der Waals surface area (Å²) in [6.07, 6.45) is 3.76. The van der Waals surface area contributed by atoms with Crippen molar-refractivity contribution in [3.63, 3.8) is 0 Å². The van der Waals surface area contributed by atoms with Crippen molar-refractivity contribution >= 4 is 27.3 Å². The van der Waals surface area contributed by atoms with E-state index in [1.54, 1.807) is 11.3 Å². The first-order valence-corrected chi connectivity index (χ1v) is 7.38. The average molecular weight is 314 g/mol. The topological polar surface area (TPSA) is 43.8 Å². The van der Waals surface area contributed by atoms with E-state index in [2.05, 4.69) is 45.5 Å². The molecule has 0 radical (unpaired) electrons. The standard InChI is InChI=1S/C12H16BrN3S/c1-2-5-16-12(10(13)8-15-16)11(14)7-9-4-3-6-17-9/h3-4,6,8,11H,2,5,7,14H2,1H3. The molecule has 0 fully saturated rings. The highest BCUT2D eigenvalue weighted by atomic mass is 79.9. The number of thiophene rings is 1. The van der Waals surface area contributed by atoms with Gasteiger partial charge in [-0.15, -0.1) is 11.3 Å². The Kier molecular flexibility index (Phi) is 4.36. The van der Waals surface area contributed by atoms with Crippen molar-refractivity contribution in [1.82, 2.24) is 9.78 Å². The highest BCUT2D eigenvalue weighted by Gasteiger charge is 2.16. The molecule has 1 unspecified atom stereocenters. The number of hydrogen-bond donors (Lipinski definition) is 1. The lowest BCUT2D eigenvalue weighted by atomic mass is 10.1. The van der Waals surface area contributed by atoms with Gasteiger partial charge in [0.15, 0.2) is 0 Å². The van der Waals surface area contributed by atoms with Crippen LogP contribution in [0.1, 0.15) is 30.0 Å². The van der Waals surface area contributed by atoms with Crippen LogP contribution in [0.25, 0.3) is 0 Å². The Balaban J connectivity index is 2.17. The summed E-state index contributed by atoms with van der Waals surface area (Å²) in [5, 5.41) is 6.43. The van der Waals surface area contributed by atoms with Crippen LogP contribution in [0.2, 0.25) is 0 Å². The van der Waals surface area contributed by atoms with Crippen molar-refractivity contribution in [2.75, 3.05) is 0 Å². The van der Waals surface area contributed by atoms with Gasteiger partial charge in [-0.3, -0.25) is 4.68 Å². The van der Waals surface area contributed by atoms with Gasteiger partial charge >= 0.3 is 0 Å². The van der Waals surface area contributed by atoms with E-state index in [0.717, 1.165) is 29.6 Å². The number of hydrogen-bond acceptors (Lipinski definition) is 3. The third-order valence-electron chi connectivity index (χ3n) is 2.62. The van der Waals surface area contributed by atoms with Gasteiger partial charge in [0.1, 0.15) is 0 Å². The number of halogens is 1. The van der Waals surface area contributed by atoms with Gasteiger partial charge in [-0.25, -0.2) is 0 Å². The molecule has 0 aliphatic heterocycles. The summed E-state index contributed by atoms with van der Waals surface area (Å²) in [6, 6.07) is 4.18. The summed E-state index contributed by atoms with van der Waals surface area (Å²) in [4.78, 5) is 1.31. The Labute approximate surface area is 114 Å². The smallest absolute Gasteiger partial charge is 0.0697 e. The first kappa shape index (κ1) is 12.8. The van der Waals surface area contributed by atoms with Crippen LogP contribution in [0.4, 0.5) is 0 Å². The van der Waals surface area contributed by atoms with Crippen LogP contribution in [0.15, 0.2) is 28.2 Å². The van der Waals surface area contributed by atoms with Gasteiger partial charge in [0.05, 0.1) is 22.4 Å². The molecule has 0 aliphatic carbocycles. The fourth-order valence-electron chi connectivity index (χ4n) is 1.87. The van der Waals surface area contributed by atoms with Crippen molar-refractivity contribution in [2.45, 2.75) is 32.4 Å². The summed E-state index contributed by atoms with van der Waals surface area (Å²) >= 11 is 5.28. The predicted molar refractivity (Wildman–Crippen MR) is 75.2 cm³/mol. The molecule has 2 heterocycles. The molecule has 1 atom stereocenters. The van der Waals surface area contributed by atoms with Gasteiger partial charge in [-0.05, 0) is 33.8 Å². The predicted octanol–water partition coefficient (Wildman–Crippen LogP) is 3.36. The van der Waals surface area contributed by atoms with Gasteiger partial charge in [-0.1, -0.05) is 13.0 Å². The first-order valence-electron chi connectivity index (χ1n) is 5.71. The van der Waals surface area contributed by atoms with Crippen LogP contribution in [0.5, 0.6) is 0 Å². The van der Waals surface area contributed by atoms with E-state index in [4.69, 9.17) is 5.73 Å². The third-order valence-corrected chi connectivity index (χ3v) is 4.13. The molecule has 0 amide bonds. The lowest BCUT2D eigenvalue weighted by Crippen LogP contribution is -2.18. The van der Waals surface area contributed by atoms with Crippen LogP contribution in [-0.2, 0) is 13.0 Å². The van der Waals surface area contributed by atoms with Crippen LogP contribution in [0, 0.1) is 0 Å². The normalized spacial score (nSPS) is 12.9. The Hall–Kier alpha value is -0.650. The minimum absolute atomic E-state index is 0.00271. The maximum absolute atomic E-state index is 6.28.